The van der Waals surface area contributed by atoms with Crippen LogP contribution in [0.4, 0.5) is 0 Å². The molecular weight excluding hydrogens is 174 g/mol. The largest absolute Gasteiger partial charge is 0.282 e. The number of H-pyrrole nitrogens is 1. The molecule has 3 nitrogen and oxygen atoms in total. The zero-order chi connectivity index (χ0) is 9.54. The van der Waals surface area contributed by atoms with Crippen LogP contribution >= 0.6 is 0 Å². The molecule has 2 heterocycles. The number of aromatic amines is 1. The zero-order valence-corrected chi connectivity index (χ0v) is 7.78. The van der Waals surface area contributed by atoms with Crippen LogP contribution in [0.3, 0.4) is 0 Å². The van der Waals surface area contributed by atoms with Crippen molar-refractivity contribution in [2.45, 2.75) is 6.92 Å². The summed E-state index contributed by atoms with van der Waals surface area (Å²) in [7, 11) is 0. The van der Waals surface area contributed by atoms with E-state index in [0.29, 0.717) is 0 Å². The van der Waals surface area contributed by atoms with Crippen molar-refractivity contribution in [3.63, 3.8) is 0 Å². The lowest BCUT2D eigenvalue weighted by Crippen LogP contribution is -1.79. The first-order valence-corrected chi connectivity index (χ1v) is 4.55. The van der Waals surface area contributed by atoms with E-state index in [1.807, 2.05) is 19.1 Å². The van der Waals surface area contributed by atoms with Gasteiger partial charge in [0.1, 0.15) is 5.52 Å². The minimum absolute atomic E-state index is 0.959. The highest BCUT2D eigenvalue weighted by atomic mass is 15.1. The van der Waals surface area contributed by atoms with Gasteiger partial charge in [0.2, 0.25) is 0 Å². The number of hydrogen-bond acceptors (Lipinski definition) is 2. The maximum Gasteiger partial charge on any atom is 0.119 e. The van der Waals surface area contributed by atoms with E-state index in [-0.39, 0.29) is 0 Å². The topological polar surface area (TPSA) is 41.6 Å². The molecule has 0 saturated heterocycles. The van der Waals surface area contributed by atoms with E-state index < -0.39 is 0 Å². The standard InChI is InChI=1S/C11H9N3/c1-7-9-5-4-8-3-2-6-12-10(8)11(9)14-13-7/h2-6H,1H3,(H,13,14). The number of aryl methyl sites for hydroxylation is 1. The summed E-state index contributed by atoms with van der Waals surface area (Å²) in [6, 6.07) is 8.14. The van der Waals surface area contributed by atoms with Gasteiger partial charge >= 0.3 is 0 Å². The third-order valence-corrected chi connectivity index (χ3v) is 2.49. The molecule has 0 fully saturated rings. The fourth-order valence-electron chi connectivity index (χ4n) is 1.75. The molecule has 1 N–H and O–H groups in total. The molecule has 0 unspecified atom stereocenters. The monoisotopic (exact) mass is 183 g/mol. The first-order chi connectivity index (χ1) is 6.86. The Morgan fingerprint density at radius 2 is 2.07 bits per heavy atom. The number of benzene rings is 1. The molecule has 3 aromatic rings. The van der Waals surface area contributed by atoms with Gasteiger partial charge in [0, 0.05) is 22.7 Å². The van der Waals surface area contributed by atoms with Crippen molar-refractivity contribution >= 4 is 21.8 Å². The third-order valence-electron chi connectivity index (χ3n) is 2.49. The van der Waals surface area contributed by atoms with Crippen molar-refractivity contribution in [1.82, 2.24) is 15.2 Å². The second-order valence-corrected chi connectivity index (χ2v) is 3.39. The van der Waals surface area contributed by atoms with Crippen molar-refractivity contribution in [2.24, 2.45) is 0 Å². The van der Waals surface area contributed by atoms with Crippen LogP contribution < -0.4 is 0 Å². The molecule has 0 radical (unpaired) electrons. The van der Waals surface area contributed by atoms with Gasteiger partial charge in [0.15, 0.2) is 0 Å². The molecule has 2 aromatic heterocycles. The number of nitrogens with one attached hydrogen (secondary N) is 1. The van der Waals surface area contributed by atoms with Gasteiger partial charge < -0.3 is 0 Å². The summed E-state index contributed by atoms with van der Waals surface area (Å²) in [5.74, 6) is 0. The van der Waals surface area contributed by atoms with Crippen LogP contribution in [0.2, 0.25) is 0 Å². The highest BCUT2D eigenvalue weighted by Crippen LogP contribution is 2.22. The van der Waals surface area contributed by atoms with E-state index in [0.717, 1.165) is 27.5 Å². The normalized spacial score (nSPS) is 11.2. The van der Waals surface area contributed by atoms with E-state index in [4.69, 9.17) is 0 Å². The van der Waals surface area contributed by atoms with Crippen molar-refractivity contribution in [1.29, 1.82) is 0 Å². The predicted octanol–water partition coefficient (Wildman–Crippen LogP) is 2.42. The fourth-order valence-corrected chi connectivity index (χ4v) is 1.75. The predicted molar refractivity (Wildman–Crippen MR) is 56.1 cm³/mol. The van der Waals surface area contributed by atoms with E-state index in [1.165, 1.54) is 0 Å². The number of aromatic nitrogens is 3. The van der Waals surface area contributed by atoms with Gasteiger partial charge in [-0.15, -0.1) is 0 Å². The van der Waals surface area contributed by atoms with Gasteiger partial charge in [-0.3, -0.25) is 10.1 Å². The van der Waals surface area contributed by atoms with Crippen LogP contribution in [-0.4, -0.2) is 15.2 Å². The Labute approximate surface area is 80.8 Å². The SMILES string of the molecule is Cc1[nH]nc2c1ccc1cccnc12. The molecule has 0 spiro atoms. The summed E-state index contributed by atoms with van der Waals surface area (Å²) in [5.41, 5.74) is 3.02. The molecule has 0 atom stereocenters. The van der Waals surface area contributed by atoms with Crippen LogP contribution in [0.1, 0.15) is 5.69 Å². The molecule has 1 aromatic carbocycles. The van der Waals surface area contributed by atoms with Gasteiger partial charge in [-0.25, -0.2) is 0 Å². The highest BCUT2D eigenvalue weighted by molar-refractivity contribution is 6.03. The maximum absolute atomic E-state index is 4.34. The average molecular weight is 183 g/mol. The van der Waals surface area contributed by atoms with Crippen LogP contribution in [-0.2, 0) is 0 Å². The number of nitrogens with zero attached hydrogens (tertiary/aromatic N) is 2. The van der Waals surface area contributed by atoms with Crippen molar-refractivity contribution in [2.75, 3.05) is 0 Å². The van der Waals surface area contributed by atoms with Crippen LogP contribution in [0, 0.1) is 6.92 Å². The van der Waals surface area contributed by atoms with Crippen molar-refractivity contribution in [3.05, 3.63) is 36.2 Å². The molecule has 3 heteroatoms. The summed E-state index contributed by atoms with van der Waals surface area (Å²) >= 11 is 0. The molecule has 0 aliphatic rings. The molecular formula is C11H9N3. The molecule has 3 rings (SSSR count). The van der Waals surface area contributed by atoms with E-state index >= 15 is 0 Å². The van der Waals surface area contributed by atoms with E-state index in [1.54, 1.807) is 6.20 Å². The van der Waals surface area contributed by atoms with E-state index in [2.05, 4.69) is 27.3 Å². The van der Waals surface area contributed by atoms with Crippen LogP contribution in [0.15, 0.2) is 30.5 Å². The Morgan fingerprint density at radius 3 is 3.00 bits per heavy atom. The number of hydrogen-bond donors (Lipinski definition) is 1. The lowest BCUT2D eigenvalue weighted by molar-refractivity contribution is 1.07. The highest BCUT2D eigenvalue weighted by Gasteiger charge is 2.05. The Hall–Kier alpha value is -1.90. The van der Waals surface area contributed by atoms with Gasteiger partial charge in [-0.1, -0.05) is 18.2 Å². The average Bonchev–Trinajstić information content (AvgIpc) is 2.61. The second kappa shape index (κ2) is 2.54. The zero-order valence-electron chi connectivity index (χ0n) is 7.78. The quantitative estimate of drug-likeness (QED) is 0.581. The van der Waals surface area contributed by atoms with E-state index in [9.17, 15) is 0 Å². The summed E-state index contributed by atoms with van der Waals surface area (Å²) in [6.45, 7) is 2.02. The molecule has 0 bridgehead atoms. The summed E-state index contributed by atoms with van der Waals surface area (Å²) < 4.78 is 0. The number of rotatable bonds is 0. The van der Waals surface area contributed by atoms with Crippen molar-refractivity contribution < 1.29 is 0 Å². The molecule has 0 amide bonds. The molecule has 68 valence electrons. The number of pyridine rings is 1. The van der Waals surface area contributed by atoms with Crippen LogP contribution in [0.5, 0.6) is 0 Å². The number of fused-ring (bicyclic) bond motifs is 3. The smallest absolute Gasteiger partial charge is 0.119 e. The summed E-state index contributed by atoms with van der Waals surface area (Å²) in [4.78, 5) is 4.34. The van der Waals surface area contributed by atoms with Gasteiger partial charge in [0.25, 0.3) is 0 Å². The second-order valence-electron chi connectivity index (χ2n) is 3.39. The molecule has 0 saturated carbocycles. The van der Waals surface area contributed by atoms with Gasteiger partial charge in [-0.2, -0.15) is 5.10 Å². The lowest BCUT2D eigenvalue weighted by atomic mass is 10.1. The molecule has 0 aliphatic heterocycles. The minimum Gasteiger partial charge on any atom is -0.282 e. The molecule has 14 heavy (non-hydrogen) atoms. The summed E-state index contributed by atoms with van der Waals surface area (Å²) in [6.07, 6.45) is 1.80. The molecule has 0 aliphatic carbocycles. The summed E-state index contributed by atoms with van der Waals surface area (Å²) in [5, 5.41) is 9.52. The van der Waals surface area contributed by atoms with Crippen LogP contribution in [0.25, 0.3) is 21.8 Å². The first kappa shape index (κ1) is 7.50. The Morgan fingerprint density at radius 1 is 1.14 bits per heavy atom. The fraction of sp³-hybridized carbons (Fsp3) is 0.0909. The third kappa shape index (κ3) is 0.865. The minimum atomic E-state index is 0.959. The van der Waals surface area contributed by atoms with Crippen molar-refractivity contribution in [3.8, 4) is 0 Å². The lowest BCUT2D eigenvalue weighted by Gasteiger charge is -1.96. The van der Waals surface area contributed by atoms with Gasteiger partial charge in [-0.05, 0) is 13.0 Å². The van der Waals surface area contributed by atoms with Gasteiger partial charge in [0.05, 0.1) is 5.52 Å². The Bertz CT molecular complexity index is 610. The Kier molecular flexibility index (Phi) is 1.36. The maximum atomic E-state index is 4.34. The Balaban J connectivity index is 2.61. The first-order valence-electron chi connectivity index (χ1n) is 4.55.